The first-order valence-corrected chi connectivity index (χ1v) is 9.88. The van der Waals surface area contributed by atoms with Gasteiger partial charge in [0.05, 0.1) is 11.4 Å². The van der Waals surface area contributed by atoms with Gasteiger partial charge < -0.3 is 15.5 Å². The molecular weight excluding hydrogens is 370 g/mol. The summed E-state index contributed by atoms with van der Waals surface area (Å²) in [6.07, 6.45) is 1.53. The van der Waals surface area contributed by atoms with Crippen LogP contribution < -0.4 is 10.6 Å². The summed E-state index contributed by atoms with van der Waals surface area (Å²) in [5.74, 6) is -1.04. The maximum Gasteiger partial charge on any atom is 0.315 e. The molecule has 3 rings (SSSR count). The van der Waals surface area contributed by atoms with E-state index >= 15 is 0 Å². The highest BCUT2D eigenvalue weighted by Crippen LogP contribution is 2.18. The Balaban J connectivity index is 1.67. The van der Waals surface area contributed by atoms with Crippen molar-refractivity contribution in [3.8, 4) is 5.69 Å². The third-order valence-electron chi connectivity index (χ3n) is 4.85. The van der Waals surface area contributed by atoms with Crippen LogP contribution in [-0.4, -0.2) is 51.5 Å². The van der Waals surface area contributed by atoms with Gasteiger partial charge in [0.1, 0.15) is 5.82 Å². The molecule has 0 spiro atoms. The van der Waals surface area contributed by atoms with E-state index in [9.17, 15) is 14.4 Å². The number of aryl methyl sites for hydroxylation is 1. The summed E-state index contributed by atoms with van der Waals surface area (Å²) >= 11 is 0. The lowest BCUT2D eigenvalue weighted by atomic mass is 10.0. The van der Waals surface area contributed by atoms with Crippen molar-refractivity contribution >= 4 is 23.5 Å². The number of hydrogen-bond donors (Lipinski definition) is 2. The molecule has 154 valence electrons. The van der Waals surface area contributed by atoms with Crippen LogP contribution in [0.4, 0.5) is 5.82 Å². The summed E-state index contributed by atoms with van der Waals surface area (Å²) < 4.78 is 1.60. The molecule has 1 atom stereocenters. The topological polar surface area (TPSA) is 96.3 Å². The molecular formula is C21H27N5O3. The first-order valence-electron chi connectivity index (χ1n) is 9.88. The summed E-state index contributed by atoms with van der Waals surface area (Å²) in [7, 11) is 0. The van der Waals surface area contributed by atoms with E-state index in [2.05, 4.69) is 15.7 Å². The van der Waals surface area contributed by atoms with Crippen LogP contribution in [0.1, 0.15) is 32.4 Å². The number of benzene rings is 1. The van der Waals surface area contributed by atoms with E-state index in [0.29, 0.717) is 18.9 Å². The molecule has 0 aliphatic carbocycles. The van der Waals surface area contributed by atoms with Crippen LogP contribution in [0.25, 0.3) is 5.69 Å². The maximum atomic E-state index is 12.7. The Morgan fingerprint density at radius 1 is 1.17 bits per heavy atom. The molecule has 8 heteroatoms. The second kappa shape index (κ2) is 8.89. The van der Waals surface area contributed by atoms with Crippen LogP contribution in [0.3, 0.4) is 0 Å². The third-order valence-corrected chi connectivity index (χ3v) is 4.85. The molecule has 2 aromatic rings. The van der Waals surface area contributed by atoms with Crippen molar-refractivity contribution in [3.05, 3.63) is 42.1 Å². The Bertz CT molecular complexity index is 891. The number of aromatic nitrogens is 2. The molecule has 1 unspecified atom stereocenters. The van der Waals surface area contributed by atoms with Crippen LogP contribution in [-0.2, 0) is 14.4 Å². The maximum absolute atomic E-state index is 12.7. The molecule has 0 bridgehead atoms. The zero-order valence-electron chi connectivity index (χ0n) is 17.0. The number of piperidine rings is 1. The lowest BCUT2D eigenvalue weighted by molar-refractivity contribution is -0.144. The molecule has 8 nitrogen and oxygen atoms in total. The number of carbonyl (C=O) groups excluding carboxylic acids is 3. The highest BCUT2D eigenvalue weighted by molar-refractivity contribution is 6.39. The second-order valence-electron chi connectivity index (χ2n) is 7.63. The van der Waals surface area contributed by atoms with Gasteiger partial charge in [-0.25, -0.2) is 4.68 Å². The van der Waals surface area contributed by atoms with Crippen LogP contribution in [0.15, 0.2) is 36.4 Å². The largest absolute Gasteiger partial charge is 0.351 e. The molecule has 2 N–H and O–H groups in total. The highest BCUT2D eigenvalue weighted by Gasteiger charge is 2.29. The molecule has 1 aliphatic rings. The zero-order valence-corrected chi connectivity index (χ0v) is 17.0. The van der Waals surface area contributed by atoms with E-state index in [4.69, 9.17) is 0 Å². The average Bonchev–Trinajstić information content (AvgIpc) is 3.08. The first-order chi connectivity index (χ1) is 13.8. The van der Waals surface area contributed by atoms with E-state index in [0.717, 1.165) is 24.2 Å². The summed E-state index contributed by atoms with van der Waals surface area (Å²) in [6.45, 7) is 6.31. The Labute approximate surface area is 170 Å². The minimum atomic E-state index is -0.710. The van der Waals surface area contributed by atoms with Crippen molar-refractivity contribution in [2.75, 3.05) is 18.4 Å². The number of nitrogens with zero attached hydrogens (tertiary/aromatic N) is 3. The van der Waals surface area contributed by atoms with E-state index in [-0.39, 0.29) is 17.9 Å². The number of rotatable bonds is 4. The SMILES string of the molecule is Cc1cc(NC(=O)C(=O)N2CCCC(NC(=O)C(C)C)C2)n(-c2ccccc2)n1. The van der Waals surface area contributed by atoms with Gasteiger partial charge in [0, 0.05) is 31.1 Å². The Hall–Kier alpha value is -3.16. The standard InChI is InChI=1S/C21H27N5O3/c1-14(2)19(27)22-16-8-7-11-25(13-16)21(29)20(28)23-18-12-15(3)24-26(18)17-9-5-4-6-10-17/h4-6,9-10,12,14,16H,7-8,11,13H2,1-3H3,(H,22,27)(H,23,28). The molecule has 1 aromatic carbocycles. The number of para-hydroxylation sites is 1. The summed E-state index contributed by atoms with van der Waals surface area (Å²) in [6, 6.07) is 11.0. The average molecular weight is 397 g/mol. The smallest absolute Gasteiger partial charge is 0.315 e. The number of hydrogen-bond acceptors (Lipinski definition) is 4. The fourth-order valence-electron chi connectivity index (χ4n) is 3.32. The number of amides is 3. The van der Waals surface area contributed by atoms with E-state index in [1.807, 2.05) is 51.1 Å². The second-order valence-corrected chi connectivity index (χ2v) is 7.63. The first kappa shape index (κ1) is 20.6. The van der Waals surface area contributed by atoms with Gasteiger partial charge in [-0.15, -0.1) is 0 Å². The normalized spacial score (nSPS) is 16.6. The van der Waals surface area contributed by atoms with Gasteiger partial charge in [-0.1, -0.05) is 32.0 Å². The van der Waals surface area contributed by atoms with Crippen molar-refractivity contribution in [3.63, 3.8) is 0 Å². The zero-order chi connectivity index (χ0) is 21.0. The Morgan fingerprint density at radius 3 is 2.59 bits per heavy atom. The van der Waals surface area contributed by atoms with Gasteiger partial charge >= 0.3 is 11.8 Å². The van der Waals surface area contributed by atoms with Crippen molar-refractivity contribution in [2.24, 2.45) is 5.92 Å². The lowest BCUT2D eigenvalue weighted by Gasteiger charge is -2.33. The molecule has 1 aromatic heterocycles. The predicted octanol–water partition coefficient (Wildman–Crippen LogP) is 1.88. The van der Waals surface area contributed by atoms with Gasteiger partial charge in [0.2, 0.25) is 5.91 Å². The molecule has 1 fully saturated rings. The van der Waals surface area contributed by atoms with E-state index in [1.54, 1.807) is 10.7 Å². The monoisotopic (exact) mass is 397 g/mol. The summed E-state index contributed by atoms with van der Waals surface area (Å²) in [5, 5.41) is 10.0. The molecule has 0 saturated carbocycles. The number of likely N-dealkylation sites (tertiary alicyclic amines) is 1. The minimum absolute atomic E-state index is 0.0454. The quantitative estimate of drug-likeness (QED) is 0.770. The van der Waals surface area contributed by atoms with E-state index in [1.165, 1.54) is 4.90 Å². The molecule has 1 saturated heterocycles. The molecule has 0 radical (unpaired) electrons. The van der Waals surface area contributed by atoms with Gasteiger partial charge in [-0.2, -0.15) is 5.10 Å². The number of carbonyl (C=O) groups is 3. The number of anilines is 1. The molecule has 3 amide bonds. The third kappa shape index (κ3) is 5.01. The van der Waals surface area contributed by atoms with Gasteiger partial charge in [0.15, 0.2) is 0 Å². The van der Waals surface area contributed by atoms with Gasteiger partial charge in [-0.3, -0.25) is 14.4 Å². The number of nitrogens with one attached hydrogen (secondary N) is 2. The Kier molecular flexibility index (Phi) is 6.31. The fourth-order valence-corrected chi connectivity index (χ4v) is 3.32. The molecule has 29 heavy (non-hydrogen) atoms. The van der Waals surface area contributed by atoms with Crippen molar-refractivity contribution in [1.82, 2.24) is 20.0 Å². The minimum Gasteiger partial charge on any atom is -0.351 e. The molecule has 1 aliphatic heterocycles. The van der Waals surface area contributed by atoms with Crippen LogP contribution >= 0.6 is 0 Å². The Morgan fingerprint density at radius 2 is 1.90 bits per heavy atom. The summed E-state index contributed by atoms with van der Waals surface area (Å²) in [5.41, 5.74) is 1.52. The van der Waals surface area contributed by atoms with Crippen molar-refractivity contribution in [2.45, 2.75) is 39.7 Å². The molecule has 2 heterocycles. The van der Waals surface area contributed by atoms with Crippen LogP contribution in [0.5, 0.6) is 0 Å². The van der Waals surface area contributed by atoms with Gasteiger partial charge in [0.25, 0.3) is 0 Å². The van der Waals surface area contributed by atoms with E-state index < -0.39 is 11.8 Å². The van der Waals surface area contributed by atoms with Crippen LogP contribution in [0.2, 0.25) is 0 Å². The lowest BCUT2D eigenvalue weighted by Crippen LogP contribution is -2.52. The van der Waals surface area contributed by atoms with Crippen LogP contribution in [0, 0.1) is 12.8 Å². The predicted molar refractivity (Wildman–Crippen MR) is 110 cm³/mol. The summed E-state index contributed by atoms with van der Waals surface area (Å²) in [4.78, 5) is 38.7. The van der Waals surface area contributed by atoms with Crippen molar-refractivity contribution < 1.29 is 14.4 Å². The fraction of sp³-hybridized carbons (Fsp3) is 0.429. The van der Waals surface area contributed by atoms with Crippen molar-refractivity contribution in [1.29, 1.82) is 0 Å². The highest BCUT2D eigenvalue weighted by atomic mass is 16.2. The van der Waals surface area contributed by atoms with Gasteiger partial charge in [-0.05, 0) is 31.9 Å².